The van der Waals surface area contributed by atoms with E-state index in [1.165, 1.54) is 32.1 Å². The zero-order valence-electron chi connectivity index (χ0n) is 17.4. The second-order valence-corrected chi connectivity index (χ2v) is 8.60. The van der Waals surface area contributed by atoms with E-state index in [-0.39, 0.29) is 17.4 Å². The first-order valence-corrected chi connectivity index (χ1v) is 11.1. The highest BCUT2D eigenvalue weighted by Crippen LogP contribution is 2.23. The van der Waals surface area contributed by atoms with Crippen molar-refractivity contribution >= 4 is 22.8 Å². The number of fused-ring (bicyclic) bond motifs is 1. The molecule has 2 fully saturated rings. The van der Waals surface area contributed by atoms with Gasteiger partial charge < -0.3 is 14.8 Å². The van der Waals surface area contributed by atoms with Crippen molar-refractivity contribution in [2.45, 2.75) is 63.8 Å². The maximum Gasteiger partial charge on any atom is 0.293 e. The lowest BCUT2D eigenvalue weighted by molar-refractivity contribution is -0.126. The number of aryl methyl sites for hydroxylation is 1. The lowest BCUT2D eigenvalue weighted by atomic mass is 9.93. The third-order valence-corrected chi connectivity index (χ3v) is 6.58. The quantitative estimate of drug-likeness (QED) is 0.864. The molecule has 1 amide bonds. The van der Waals surface area contributed by atoms with Crippen molar-refractivity contribution in [3.63, 3.8) is 0 Å². The van der Waals surface area contributed by atoms with Crippen LogP contribution in [0.25, 0.3) is 11.0 Å². The third-order valence-electron chi connectivity index (χ3n) is 6.58. The van der Waals surface area contributed by atoms with Crippen LogP contribution >= 0.6 is 0 Å². The van der Waals surface area contributed by atoms with Gasteiger partial charge in [-0.15, -0.1) is 0 Å². The van der Waals surface area contributed by atoms with E-state index >= 15 is 0 Å². The molecular weight excluding hydrogens is 364 g/mol. The normalized spacial score (nSPS) is 19.7. The molecule has 2 heterocycles. The summed E-state index contributed by atoms with van der Waals surface area (Å²) in [6.07, 6.45) is 10.1. The summed E-state index contributed by atoms with van der Waals surface area (Å²) in [5, 5.41) is 3.32. The number of anilines is 1. The van der Waals surface area contributed by atoms with Crippen LogP contribution in [0, 0.1) is 5.92 Å². The van der Waals surface area contributed by atoms with E-state index in [0.717, 1.165) is 36.7 Å². The number of piperidine rings is 1. The number of hydrogen-bond acceptors (Lipinski definition) is 4. The average molecular weight is 397 g/mol. The number of benzene rings is 1. The van der Waals surface area contributed by atoms with Crippen molar-refractivity contribution in [2.24, 2.45) is 13.0 Å². The number of hydrogen-bond donors (Lipinski definition) is 1. The molecule has 1 aliphatic heterocycles. The minimum atomic E-state index is -0.0684. The van der Waals surface area contributed by atoms with Crippen LogP contribution in [-0.2, 0) is 11.8 Å². The number of aromatic nitrogens is 2. The van der Waals surface area contributed by atoms with Gasteiger partial charge in [0.25, 0.3) is 5.56 Å². The SMILES string of the molecule is Cn1c(=O)c(N2CCC(C(=O)NC3CCCCCCC3)CC2)nc2ccccc21. The number of nitrogens with zero attached hydrogens (tertiary/aromatic N) is 3. The second-order valence-electron chi connectivity index (χ2n) is 8.60. The molecule has 1 saturated heterocycles. The van der Waals surface area contributed by atoms with Gasteiger partial charge in [-0.3, -0.25) is 9.59 Å². The van der Waals surface area contributed by atoms with Crippen LogP contribution in [0.1, 0.15) is 57.8 Å². The smallest absolute Gasteiger partial charge is 0.293 e. The Balaban J connectivity index is 1.39. The van der Waals surface area contributed by atoms with E-state index in [1.54, 1.807) is 11.6 Å². The summed E-state index contributed by atoms with van der Waals surface area (Å²) in [5.74, 6) is 0.751. The molecule has 6 nitrogen and oxygen atoms in total. The first-order valence-electron chi connectivity index (χ1n) is 11.1. The number of rotatable bonds is 3. The molecule has 1 aromatic heterocycles. The number of amides is 1. The van der Waals surface area contributed by atoms with Gasteiger partial charge in [0.15, 0.2) is 5.82 Å². The van der Waals surface area contributed by atoms with Crippen molar-refractivity contribution in [1.82, 2.24) is 14.9 Å². The maximum absolute atomic E-state index is 12.8. The summed E-state index contributed by atoms with van der Waals surface area (Å²) in [6, 6.07) is 8.06. The molecule has 2 aromatic rings. The fourth-order valence-corrected chi connectivity index (χ4v) is 4.74. The minimum Gasteiger partial charge on any atom is -0.353 e. The molecule has 0 radical (unpaired) electrons. The number of carbonyl (C=O) groups is 1. The Bertz CT molecular complexity index is 907. The highest BCUT2D eigenvalue weighted by Gasteiger charge is 2.28. The van der Waals surface area contributed by atoms with Crippen molar-refractivity contribution in [3.8, 4) is 0 Å². The molecule has 1 saturated carbocycles. The molecule has 156 valence electrons. The van der Waals surface area contributed by atoms with E-state index in [0.29, 0.717) is 24.9 Å². The fraction of sp³-hybridized carbons (Fsp3) is 0.609. The van der Waals surface area contributed by atoms with Gasteiger partial charge in [0.05, 0.1) is 11.0 Å². The van der Waals surface area contributed by atoms with Gasteiger partial charge in [0, 0.05) is 32.1 Å². The van der Waals surface area contributed by atoms with Gasteiger partial charge in [-0.05, 0) is 37.8 Å². The molecular formula is C23H32N4O2. The summed E-state index contributed by atoms with van der Waals surface area (Å²) in [5.41, 5.74) is 1.60. The van der Waals surface area contributed by atoms with Gasteiger partial charge in [-0.1, -0.05) is 44.2 Å². The molecule has 1 aliphatic carbocycles. The van der Waals surface area contributed by atoms with E-state index in [4.69, 9.17) is 0 Å². The summed E-state index contributed by atoms with van der Waals surface area (Å²) in [7, 11) is 1.80. The predicted molar refractivity (Wildman–Crippen MR) is 116 cm³/mol. The van der Waals surface area contributed by atoms with Gasteiger partial charge in [0.2, 0.25) is 5.91 Å². The average Bonchev–Trinajstić information content (AvgIpc) is 2.72. The summed E-state index contributed by atoms with van der Waals surface area (Å²) in [6.45, 7) is 1.40. The number of carbonyl (C=O) groups excluding carboxylic acids is 1. The molecule has 2 aliphatic rings. The molecule has 6 heteroatoms. The van der Waals surface area contributed by atoms with E-state index in [9.17, 15) is 9.59 Å². The molecule has 4 rings (SSSR count). The first kappa shape index (κ1) is 19.9. The molecule has 0 atom stereocenters. The maximum atomic E-state index is 12.8. The van der Waals surface area contributed by atoms with Crippen LogP contribution in [-0.4, -0.2) is 34.6 Å². The number of nitrogens with one attached hydrogen (secondary N) is 1. The Kier molecular flexibility index (Phi) is 6.16. The lowest BCUT2D eigenvalue weighted by Gasteiger charge is -2.33. The van der Waals surface area contributed by atoms with Crippen molar-refractivity contribution in [3.05, 3.63) is 34.6 Å². The summed E-state index contributed by atoms with van der Waals surface area (Å²) < 4.78 is 1.67. The molecule has 1 aromatic carbocycles. The fourth-order valence-electron chi connectivity index (χ4n) is 4.74. The second kappa shape index (κ2) is 8.97. The Labute approximate surface area is 172 Å². The van der Waals surface area contributed by atoms with E-state index in [1.807, 2.05) is 29.2 Å². The van der Waals surface area contributed by atoms with Crippen LogP contribution in [0.3, 0.4) is 0 Å². The Morgan fingerprint density at radius 3 is 2.38 bits per heavy atom. The predicted octanol–water partition coefficient (Wildman–Crippen LogP) is 3.38. The topological polar surface area (TPSA) is 67.2 Å². The van der Waals surface area contributed by atoms with Gasteiger partial charge >= 0.3 is 0 Å². The zero-order chi connectivity index (χ0) is 20.2. The summed E-state index contributed by atoms with van der Waals surface area (Å²) in [4.78, 5) is 32.3. The molecule has 0 bridgehead atoms. The zero-order valence-corrected chi connectivity index (χ0v) is 17.4. The van der Waals surface area contributed by atoms with Crippen LogP contribution in [0.4, 0.5) is 5.82 Å². The Morgan fingerprint density at radius 2 is 1.66 bits per heavy atom. The minimum absolute atomic E-state index is 0.0426. The highest BCUT2D eigenvalue weighted by atomic mass is 16.2. The summed E-state index contributed by atoms with van der Waals surface area (Å²) >= 11 is 0. The standard InChI is InChI=1S/C23H32N4O2/c1-26-20-12-8-7-11-19(20)25-21(23(26)29)27-15-13-17(14-16-27)22(28)24-18-9-5-3-2-4-6-10-18/h7-8,11-12,17-18H,2-6,9-10,13-16H2,1H3,(H,24,28). The van der Waals surface area contributed by atoms with Crippen molar-refractivity contribution in [1.29, 1.82) is 0 Å². The Hall–Kier alpha value is -2.37. The Morgan fingerprint density at radius 1 is 1.00 bits per heavy atom. The van der Waals surface area contributed by atoms with Crippen molar-refractivity contribution in [2.75, 3.05) is 18.0 Å². The van der Waals surface area contributed by atoms with E-state index in [2.05, 4.69) is 10.3 Å². The van der Waals surface area contributed by atoms with Crippen molar-refractivity contribution < 1.29 is 4.79 Å². The van der Waals surface area contributed by atoms with Gasteiger partial charge in [-0.2, -0.15) is 0 Å². The molecule has 29 heavy (non-hydrogen) atoms. The molecule has 0 spiro atoms. The van der Waals surface area contributed by atoms with Crippen LogP contribution in [0.2, 0.25) is 0 Å². The van der Waals surface area contributed by atoms with Crippen LogP contribution < -0.4 is 15.8 Å². The first-order chi connectivity index (χ1) is 14.1. The number of para-hydroxylation sites is 2. The van der Waals surface area contributed by atoms with Gasteiger partial charge in [-0.25, -0.2) is 4.98 Å². The third kappa shape index (κ3) is 4.46. The van der Waals surface area contributed by atoms with E-state index < -0.39 is 0 Å². The molecule has 1 N–H and O–H groups in total. The van der Waals surface area contributed by atoms with Crippen LogP contribution in [0.5, 0.6) is 0 Å². The largest absolute Gasteiger partial charge is 0.353 e. The van der Waals surface area contributed by atoms with Crippen LogP contribution in [0.15, 0.2) is 29.1 Å². The molecule has 0 unspecified atom stereocenters. The monoisotopic (exact) mass is 396 g/mol. The van der Waals surface area contributed by atoms with Gasteiger partial charge in [0.1, 0.15) is 0 Å². The lowest BCUT2D eigenvalue weighted by Crippen LogP contribution is -2.45. The highest BCUT2D eigenvalue weighted by molar-refractivity contribution is 5.79.